The Hall–Kier alpha value is -1.61. The van der Waals surface area contributed by atoms with Crippen molar-refractivity contribution in [2.45, 2.75) is 17.7 Å². The molecule has 2 saturated heterocycles. The third kappa shape index (κ3) is 4.30. The zero-order valence-electron chi connectivity index (χ0n) is 14.9. The van der Waals surface area contributed by atoms with E-state index in [0.717, 1.165) is 0 Å². The number of sulfone groups is 1. The summed E-state index contributed by atoms with van der Waals surface area (Å²) in [5.41, 5.74) is 1.16. The quantitative estimate of drug-likeness (QED) is 0.675. The number of hydrogen-bond acceptors (Lipinski definition) is 4. The van der Waals surface area contributed by atoms with Crippen molar-refractivity contribution in [3.63, 3.8) is 0 Å². The van der Waals surface area contributed by atoms with Gasteiger partial charge in [0, 0.05) is 5.25 Å². The lowest BCUT2D eigenvalue weighted by Gasteiger charge is -2.25. The molecule has 4 rings (SSSR count). The summed E-state index contributed by atoms with van der Waals surface area (Å²) >= 11 is 13.8. The second kappa shape index (κ2) is 7.91. The van der Waals surface area contributed by atoms with Gasteiger partial charge in [-0.15, -0.1) is 0 Å². The van der Waals surface area contributed by atoms with Crippen LogP contribution in [0.3, 0.4) is 0 Å². The number of fused-ring (bicyclic) bond motifs is 1. The van der Waals surface area contributed by atoms with Crippen LogP contribution in [0.1, 0.15) is 5.56 Å². The fraction of sp³-hybridized carbons (Fsp3) is 0.263. The van der Waals surface area contributed by atoms with E-state index in [1.165, 1.54) is 36.0 Å². The minimum atomic E-state index is -3.19. The molecule has 0 spiro atoms. The first kappa shape index (κ1) is 20.7. The Kier molecular flexibility index (Phi) is 5.63. The lowest BCUT2D eigenvalue weighted by Crippen LogP contribution is -2.38. The molecule has 2 aliphatic rings. The van der Waals surface area contributed by atoms with Gasteiger partial charge in [-0.05, 0) is 29.8 Å². The van der Waals surface area contributed by atoms with Gasteiger partial charge in [0.25, 0.3) is 5.91 Å². The minimum Gasteiger partial charge on any atom is -0.314 e. The highest BCUT2D eigenvalue weighted by atomic mass is 35.5. The number of anilines is 1. The van der Waals surface area contributed by atoms with E-state index >= 15 is 0 Å². The summed E-state index contributed by atoms with van der Waals surface area (Å²) in [5.74, 6) is -0.819. The van der Waals surface area contributed by atoms with Gasteiger partial charge in [-0.3, -0.25) is 4.79 Å². The molecule has 0 saturated carbocycles. The van der Waals surface area contributed by atoms with Crippen LogP contribution >= 0.6 is 35.0 Å². The fourth-order valence-corrected chi connectivity index (χ4v) is 7.76. The van der Waals surface area contributed by atoms with E-state index in [2.05, 4.69) is 4.99 Å². The number of carbonyl (C=O) groups is 1. The summed E-state index contributed by atoms with van der Waals surface area (Å²) in [6, 6.07) is 10.3. The van der Waals surface area contributed by atoms with Gasteiger partial charge >= 0.3 is 0 Å². The average Bonchev–Trinajstić information content (AvgIpc) is 3.10. The molecule has 2 atom stereocenters. The van der Waals surface area contributed by atoms with E-state index in [0.29, 0.717) is 21.4 Å². The molecule has 0 aliphatic carbocycles. The van der Waals surface area contributed by atoms with Crippen molar-refractivity contribution in [1.82, 2.24) is 0 Å². The fourth-order valence-electron chi connectivity index (χ4n) is 3.45. The molecular formula is C19H15Cl2FN2O3S2. The zero-order chi connectivity index (χ0) is 20.8. The molecule has 2 aromatic carbocycles. The standard InChI is InChI=1S/C19H15Cl2FN2O3S2/c20-13-2-1-3-14(18(13)21)24-15-9-29(26,27)10-16(15)28-19(24)23-17(25)8-11-4-6-12(22)7-5-11/h1-7,15-16H,8-10H2/t15-,16+/m1/s1. The van der Waals surface area contributed by atoms with E-state index in [1.54, 1.807) is 23.1 Å². The number of rotatable bonds is 3. The van der Waals surface area contributed by atoms with Gasteiger partial charge in [0.15, 0.2) is 15.0 Å². The van der Waals surface area contributed by atoms with Gasteiger partial charge in [-0.25, -0.2) is 12.8 Å². The van der Waals surface area contributed by atoms with Crippen LogP contribution in [0.25, 0.3) is 0 Å². The number of nitrogens with zero attached hydrogens (tertiary/aromatic N) is 2. The van der Waals surface area contributed by atoms with E-state index < -0.39 is 15.7 Å². The Labute approximate surface area is 181 Å². The number of amidine groups is 1. The third-order valence-electron chi connectivity index (χ3n) is 4.75. The molecule has 0 aromatic heterocycles. The molecular weight excluding hydrogens is 458 g/mol. The van der Waals surface area contributed by atoms with Crippen LogP contribution in [0.5, 0.6) is 0 Å². The summed E-state index contributed by atoms with van der Waals surface area (Å²) in [6.45, 7) is 0. The monoisotopic (exact) mass is 472 g/mol. The van der Waals surface area contributed by atoms with Crippen LogP contribution in [0, 0.1) is 5.82 Å². The molecule has 2 aliphatic heterocycles. The smallest absolute Gasteiger partial charge is 0.252 e. The van der Waals surface area contributed by atoms with Crippen molar-refractivity contribution in [3.05, 3.63) is 63.9 Å². The van der Waals surface area contributed by atoms with Gasteiger partial charge < -0.3 is 4.90 Å². The molecule has 0 radical (unpaired) electrons. The first-order valence-corrected chi connectivity index (χ1v) is 12.2. The highest BCUT2D eigenvalue weighted by molar-refractivity contribution is 8.16. The van der Waals surface area contributed by atoms with Crippen molar-refractivity contribution < 1.29 is 17.6 Å². The highest BCUT2D eigenvalue weighted by Gasteiger charge is 2.49. The maximum absolute atomic E-state index is 13.1. The molecule has 5 nitrogen and oxygen atoms in total. The average molecular weight is 473 g/mol. The third-order valence-corrected chi connectivity index (χ3v) is 8.76. The van der Waals surface area contributed by atoms with Crippen LogP contribution in [0.4, 0.5) is 10.1 Å². The molecule has 2 aromatic rings. The Morgan fingerprint density at radius 3 is 2.62 bits per heavy atom. The number of benzene rings is 2. The van der Waals surface area contributed by atoms with Crippen LogP contribution in [0.15, 0.2) is 47.5 Å². The number of carbonyl (C=O) groups excluding carboxylic acids is 1. The molecule has 1 amide bonds. The Morgan fingerprint density at radius 1 is 1.17 bits per heavy atom. The topological polar surface area (TPSA) is 66.8 Å². The second-order valence-electron chi connectivity index (χ2n) is 6.83. The van der Waals surface area contributed by atoms with Gasteiger partial charge in [0.1, 0.15) is 5.82 Å². The summed E-state index contributed by atoms with van der Waals surface area (Å²) in [7, 11) is -3.19. The Bertz CT molecular complexity index is 1110. The Balaban J connectivity index is 1.67. The molecule has 2 fully saturated rings. The molecule has 0 N–H and O–H groups in total. The lowest BCUT2D eigenvalue weighted by atomic mass is 10.1. The number of aliphatic imine (C=N–C) groups is 1. The summed E-state index contributed by atoms with van der Waals surface area (Å²) in [4.78, 5) is 18.5. The molecule has 10 heteroatoms. The molecule has 0 unspecified atom stereocenters. The summed E-state index contributed by atoms with van der Waals surface area (Å²) in [5, 5.41) is 0.757. The highest BCUT2D eigenvalue weighted by Crippen LogP contribution is 2.44. The largest absolute Gasteiger partial charge is 0.314 e. The van der Waals surface area contributed by atoms with Crippen molar-refractivity contribution in [3.8, 4) is 0 Å². The first-order chi connectivity index (χ1) is 13.7. The van der Waals surface area contributed by atoms with Gasteiger partial charge in [-0.2, -0.15) is 4.99 Å². The van der Waals surface area contributed by atoms with Gasteiger partial charge in [0.05, 0.1) is 39.7 Å². The number of hydrogen-bond donors (Lipinski definition) is 0. The molecule has 2 heterocycles. The minimum absolute atomic E-state index is 0.00902. The van der Waals surface area contributed by atoms with Crippen molar-refractivity contribution >= 4 is 61.6 Å². The lowest BCUT2D eigenvalue weighted by molar-refractivity contribution is -0.117. The Morgan fingerprint density at radius 2 is 1.90 bits per heavy atom. The summed E-state index contributed by atoms with van der Waals surface area (Å²) in [6.07, 6.45) is 0.00902. The van der Waals surface area contributed by atoms with Crippen LogP contribution in [0.2, 0.25) is 10.0 Å². The normalized spacial score (nSPS) is 24.1. The van der Waals surface area contributed by atoms with Gasteiger partial charge in [-0.1, -0.05) is 53.2 Å². The van der Waals surface area contributed by atoms with Crippen molar-refractivity contribution in [2.24, 2.45) is 4.99 Å². The number of halogens is 3. The summed E-state index contributed by atoms with van der Waals surface area (Å²) < 4.78 is 37.3. The first-order valence-electron chi connectivity index (χ1n) is 8.70. The maximum Gasteiger partial charge on any atom is 0.252 e. The molecule has 152 valence electrons. The maximum atomic E-state index is 13.1. The van der Waals surface area contributed by atoms with Crippen molar-refractivity contribution in [1.29, 1.82) is 0 Å². The van der Waals surface area contributed by atoms with Crippen molar-refractivity contribution in [2.75, 3.05) is 16.4 Å². The van der Waals surface area contributed by atoms with Crippen LogP contribution in [-0.2, 0) is 21.1 Å². The molecule has 29 heavy (non-hydrogen) atoms. The number of thioether (sulfide) groups is 1. The van der Waals surface area contributed by atoms with Gasteiger partial charge in [0.2, 0.25) is 0 Å². The van der Waals surface area contributed by atoms with Crippen LogP contribution < -0.4 is 4.90 Å². The second-order valence-corrected chi connectivity index (χ2v) is 11.0. The number of amides is 1. The van der Waals surface area contributed by atoms with E-state index in [9.17, 15) is 17.6 Å². The van der Waals surface area contributed by atoms with E-state index in [4.69, 9.17) is 23.2 Å². The molecule has 0 bridgehead atoms. The van der Waals surface area contributed by atoms with Crippen LogP contribution in [-0.4, -0.2) is 42.3 Å². The zero-order valence-corrected chi connectivity index (χ0v) is 18.0. The predicted molar refractivity (Wildman–Crippen MR) is 115 cm³/mol. The van der Waals surface area contributed by atoms with E-state index in [1.807, 2.05) is 0 Å². The predicted octanol–water partition coefficient (Wildman–Crippen LogP) is 3.98. The van der Waals surface area contributed by atoms with E-state index in [-0.39, 0.29) is 40.1 Å². The SMILES string of the molecule is O=C(Cc1ccc(F)cc1)N=C1S[C@H]2CS(=O)(=O)C[C@H]2N1c1cccc(Cl)c1Cl.